The van der Waals surface area contributed by atoms with Crippen molar-refractivity contribution in [2.75, 3.05) is 43.4 Å². The first kappa shape index (κ1) is 33.2. The Morgan fingerprint density at radius 2 is 1.77 bits per heavy atom. The van der Waals surface area contributed by atoms with Gasteiger partial charge in [0.05, 0.1) is 29.6 Å². The molecule has 3 aromatic rings. The van der Waals surface area contributed by atoms with E-state index >= 15 is 0 Å². The minimum Gasteiger partial charge on any atom is -0.385 e. The van der Waals surface area contributed by atoms with Gasteiger partial charge in [-0.05, 0) is 68.0 Å². The summed E-state index contributed by atoms with van der Waals surface area (Å²) in [7, 11) is 1.82. The summed E-state index contributed by atoms with van der Waals surface area (Å²) in [6.45, 7) is 4.50. The molecule has 12 heteroatoms. The van der Waals surface area contributed by atoms with Crippen LogP contribution in [0.15, 0.2) is 54.9 Å². The van der Waals surface area contributed by atoms with Crippen molar-refractivity contribution < 1.29 is 19.5 Å². The molecule has 2 aromatic carbocycles. The van der Waals surface area contributed by atoms with Crippen molar-refractivity contribution in [3.63, 3.8) is 0 Å². The molecule has 1 atom stereocenters. The number of aromatic nitrogens is 2. The van der Waals surface area contributed by atoms with Crippen LogP contribution in [-0.4, -0.2) is 88.3 Å². The highest BCUT2D eigenvalue weighted by atomic mass is 16.3. The van der Waals surface area contributed by atoms with E-state index in [0.29, 0.717) is 48.9 Å². The Morgan fingerprint density at radius 3 is 2.42 bits per heavy atom. The van der Waals surface area contributed by atoms with Gasteiger partial charge in [0, 0.05) is 63.0 Å². The van der Waals surface area contributed by atoms with Crippen molar-refractivity contribution in [2.24, 2.45) is 0 Å². The number of aldehydes is 1. The Bertz CT molecular complexity index is 1660. The maximum atomic E-state index is 12.4. The molecule has 0 radical (unpaired) electrons. The molecule has 0 bridgehead atoms. The zero-order chi connectivity index (χ0) is 33.7. The summed E-state index contributed by atoms with van der Waals surface area (Å²) in [6, 6.07) is 16.1. The van der Waals surface area contributed by atoms with Gasteiger partial charge in [-0.2, -0.15) is 5.26 Å². The molecule has 3 saturated heterocycles. The number of aliphatic hydroxyl groups is 1. The van der Waals surface area contributed by atoms with Crippen molar-refractivity contribution >= 4 is 29.7 Å². The van der Waals surface area contributed by atoms with E-state index in [2.05, 4.69) is 54.7 Å². The molecule has 3 aliphatic rings. The second kappa shape index (κ2) is 14.6. The fourth-order valence-corrected chi connectivity index (χ4v) is 6.99. The van der Waals surface area contributed by atoms with Gasteiger partial charge in [0.2, 0.25) is 17.8 Å². The first-order valence-electron chi connectivity index (χ1n) is 16.6. The average molecular weight is 651 g/mol. The Hall–Kier alpha value is -4.70. The van der Waals surface area contributed by atoms with E-state index in [9.17, 15) is 19.5 Å². The van der Waals surface area contributed by atoms with Crippen LogP contribution >= 0.6 is 0 Å². The monoisotopic (exact) mass is 650 g/mol. The molecule has 3 aliphatic heterocycles. The number of imide groups is 1. The highest BCUT2D eigenvalue weighted by Gasteiger charge is 2.35. The predicted octanol–water partition coefficient (Wildman–Crippen LogP) is 2.96. The van der Waals surface area contributed by atoms with E-state index < -0.39 is 11.6 Å². The number of carbonyl (C=O) groups is 3. The molecule has 0 spiro atoms. The molecule has 1 aromatic heterocycles. The van der Waals surface area contributed by atoms with Crippen LogP contribution in [0.1, 0.15) is 71.1 Å². The minimum atomic E-state index is -1.00. The van der Waals surface area contributed by atoms with Gasteiger partial charge in [0.15, 0.2) is 0 Å². The second-order valence-corrected chi connectivity index (χ2v) is 13.2. The molecule has 12 nitrogen and oxygen atoms in total. The second-order valence-electron chi connectivity index (χ2n) is 13.2. The zero-order valence-corrected chi connectivity index (χ0v) is 27.3. The normalized spacial score (nSPS) is 20.3. The molecule has 1 unspecified atom stereocenters. The topological polar surface area (TPSA) is 155 Å². The van der Waals surface area contributed by atoms with Gasteiger partial charge in [-0.3, -0.25) is 29.5 Å². The van der Waals surface area contributed by atoms with Crippen molar-refractivity contribution in [3.05, 3.63) is 82.7 Å². The fourth-order valence-electron chi connectivity index (χ4n) is 6.99. The SMILES string of the molecule is CN(Cc1cc(C2(O)CCN(Cc3ccc(N4CCC(Nc5ncc(C#N)cn5)CC4)cc3)CC2)ccc1C=O)C1CCC(=O)NC1=O. The van der Waals surface area contributed by atoms with Crippen LogP contribution in [0.3, 0.4) is 0 Å². The van der Waals surface area contributed by atoms with E-state index in [0.717, 1.165) is 63.0 Å². The first-order valence-corrected chi connectivity index (χ1v) is 16.6. The van der Waals surface area contributed by atoms with Crippen LogP contribution in [0.4, 0.5) is 11.6 Å². The van der Waals surface area contributed by atoms with Crippen LogP contribution < -0.4 is 15.5 Å². The maximum absolute atomic E-state index is 12.4. The van der Waals surface area contributed by atoms with Crippen molar-refractivity contribution in [1.82, 2.24) is 25.1 Å². The van der Waals surface area contributed by atoms with Crippen molar-refractivity contribution in [2.45, 2.75) is 69.3 Å². The van der Waals surface area contributed by atoms with Crippen LogP contribution in [0, 0.1) is 11.3 Å². The number of carbonyl (C=O) groups excluding carboxylic acids is 3. The summed E-state index contributed by atoms with van der Waals surface area (Å²) in [5.41, 5.74) is 3.95. The molecule has 4 heterocycles. The lowest BCUT2D eigenvalue weighted by Crippen LogP contribution is -2.51. The number of likely N-dealkylation sites (N-methyl/N-ethyl adjacent to an activating group) is 1. The number of nitrogens with zero attached hydrogens (tertiary/aromatic N) is 6. The van der Waals surface area contributed by atoms with Crippen LogP contribution in [0.25, 0.3) is 0 Å². The van der Waals surface area contributed by atoms with E-state index in [1.807, 2.05) is 30.1 Å². The lowest BCUT2D eigenvalue weighted by Gasteiger charge is -2.39. The third-order valence-electron chi connectivity index (χ3n) is 9.97. The van der Waals surface area contributed by atoms with Crippen LogP contribution in [-0.2, 0) is 28.3 Å². The Kier molecular flexibility index (Phi) is 10.1. The number of likely N-dealkylation sites (tertiary alicyclic amines) is 1. The number of hydrogen-bond acceptors (Lipinski definition) is 11. The largest absolute Gasteiger partial charge is 0.385 e. The number of amides is 2. The van der Waals surface area contributed by atoms with Crippen LogP contribution in [0.5, 0.6) is 0 Å². The summed E-state index contributed by atoms with van der Waals surface area (Å²) in [6.07, 6.45) is 7.70. The summed E-state index contributed by atoms with van der Waals surface area (Å²) in [5, 5.41) is 26.4. The van der Waals surface area contributed by atoms with Gasteiger partial charge in [-0.25, -0.2) is 9.97 Å². The summed E-state index contributed by atoms with van der Waals surface area (Å²) in [4.78, 5) is 50.9. The van der Waals surface area contributed by atoms with Crippen LogP contribution in [0.2, 0.25) is 0 Å². The third-order valence-corrected chi connectivity index (χ3v) is 9.97. The highest BCUT2D eigenvalue weighted by Crippen LogP contribution is 2.35. The summed E-state index contributed by atoms with van der Waals surface area (Å²) in [5.74, 6) is -0.0171. The molecular weight excluding hydrogens is 608 g/mol. The fraction of sp³-hybridized carbons (Fsp3) is 0.444. The number of anilines is 2. The number of piperidine rings is 3. The van der Waals surface area contributed by atoms with E-state index in [1.54, 1.807) is 6.07 Å². The molecule has 48 heavy (non-hydrogen) atoms. The molecule has 250 valence electrons. The number of benzene rings is 2. The van der Waals surface area contributed by atoms with Gasteiger partial charge in [0.25, 0.3) is 0 Å². The van der Waals surface area contributed by atoms with E-state index in [4.69, 9.17) is 5.26 Å². The Balaban J connectivity index is 0.996. The average Bonchev–Trinajstić information content (AvgIpc) is 3.10. The first-order chi connectivity index (χ1) is 23.2. The number of nitriles is 1. The standard InChI is InChI=1S/C36H42N8O4/c1-42(32-8-9-33(46)41-34(32)47)23-28-18-29(5-4-27(28)24-45)36(48)12-16-43(17-13-36)22-25-2-6-31(7-3-25)44-14-10-30(11-15-44)40-35-38-20-26(19-37)21-39-35/h2-7,18,20-21,24,30,32,48H,8-17,22-23H2,1H3,(H,38,39,40)(H,41,46,47). The summed E-state index contributed by atoms with van der Waals surface area (Å²) >= 11 is 0. The minimum absolute atomic E-state index is 0.260. The summed E-state index contributed by atoms with van der Waals surface area (Å²) < 4.78 is 0. The van der Waals surface area contributed by atoms with E-state index in [-0.39, 0.29) is 18.2 Å². The zero-order valence-electron chi connectivity index (χ0n) is 27.3. The third kappa shape index (κ3) is 7.71. The molecule has 2 amide bonds. The lowest BCUT2D eigenvalue weighted by molar-refractivity contribution is -0.137. The number of nitrogens with one attached hydrogen (secondary N) is 2. The predicted molar refractivity (Wildman–Crippen MR) is 180 cm³/mol. The molecular formula is C36H42N8O4. The molecule has 3 fully saturated rings. The lowest BCUT2D eigenvalue weighted by atomic mass is 9.83. The molecule has 3 N–H and O–H groups in total. The van der Waals surface area contributed by atoms with Crippen molar-refractivity contribution in [3.8, 4) is 6.07 Å². The van der Waals surface area contributed by atoms with Crippen molar-refractivity contribution in [1.29, 1.82) is 5.26 Å². The molecule has 6 rings (SSSR count). The van der Waals surface area contributed by atoms with Gasteiger partial charge < -0.3 is 15.3 Å². The van der Waals surface area contributed by atoms with Gasteiger partial charge in [-0.1, -0.05) is 30.3 Å². The van der Waals surface area contributed by atoms with E-state index in [1.165, 1.54) is 23.6 Å². The number of rotatable bonds is 10. The van der Waals surface area contributed by atoms with Gasteiger partial charge in [0.1, 0.15) is 12.4 Å². The Labute approximate surface area is 280 Å². The molecule has 0 aliphatic carbocycles. The quantitative estimate of drug-likeness (QED) is 0.219. The molecule has 0 saturated carbocycles. The highest BCUT2D eigenvalue weighted by molar-refractivity contribution is 6.00. The van der Waals surface area contributed by atoms with Gasteiger partial charge >= 0.3 is 0 Å². The Morgan fingerprint density at radius 1 is 1.06 bits per heavy atom. The van der Waals surface area contributed by atoms with Gasteiger partial charge in [-0.15, -0.1) is 0 Å². The maximum Gasteiger partial charge on any atom is 0.243 e. The number of hydrogen-bond donors (Lipinski definition) is 3. The smallest absolute Gasteiger partial charge is 0.243 e.